The van der Waals surface area contributed by atoms with Gasteiger partial charge in [-0.25, -0.2) is 8.42 Å². The number of para-hydroxylation sites is 2. The van der Waals surface area contributed by atoms with Crippen LogP contribution in [0.15, 0.2) is 65.6 Å². The quantitative estimate of drug-likeness (QED) is 0.478. The van der Waals surface area contributed by atoms with Crippen LogP contribution in [0.3, 0.4) is 0 Å². The third-order valence-electron chi connectivity index (χ3n) is 5.50. The number of hydrogen-bond acceptors (Lipinski definition) is 7. The van der Waals surface area contributed by atoms with Crippen molar-refractivity contribution in [2.75, 3.05) is 28.5 Å². The molecule has 4 rings (SSSR count). The summed E-state index contributed by atoms with van der Waals surface area (Å²) in [5.74, 6) is -0.806. The minimum absolute atomic E-state index is 0.0173. The summed E-state index contributed by atoms with van der Waals surface area (Å²) in [6.45, 7) is 0.326. The second kappa shape index (κ2) is 9.51. The van der Waals surface area contributed by atoms with Gasteiger partial charge in [-0.05, 0) is 54.8 Å². The number of carbonyl (C=O) groups excluding carboxylic acids is 1. The molecule has 0 unspecified atom stereocenters. The van der Waals surface area contributed by atoms with Crippen LogP contribution in [0.5, 0.6) is 5.75 Å². The highest BCUT2D eigenvalue weighted by atomic mass is 35.5. The Morgan fingerprint density at radius 2 is 1.94 bits per heavy atom. The van der Waals surface area contributed by atoms with Crippen LogP contribution in [-0.2, 0) is 16.4 Å². The molecule has 3 aromatic rings. The number of amides is 1. The maximum atomic E-state index is 13.5. The second-order valence-electron chi connectivity index (χ2n) is 7.53. The number of aryl methyl sites for hydroxylation is 1. The Balaban J connectivity index is 1.69. The van der Waals surface area contributed by atoms with Crippen LogP contribution >= 0.6 is 11.6 Å². The van der Waals surface area contributed by atoms with E-state index in [1.165, 1.54) is 47.8 Å². The Morgan fingerprint density at radius 3 is 2.68 bits per heavy atom. The number of fused-ring (bicyclic) bond motifs is 1. The van der Waals surface area contributed by atoms with Crippen LogP contribution in [-0.4, -0.2) is 33.2 Å². The van der Waals surface area contributed by atoms with Gasteiger partial charge in [-0.2, -0.15) is 0 Å². The molecule has 1 aliphatic rings. The van der Waals surface area contributed by atoms with Gasteiger partial charge in [0.05, 0.1) is 34.0 Å². The summed E-state index contributed by atoms with van der Waals surface area (Å²) in [5.41, 5.74) is 1.01. The number of hydrogen-bond donors (Lipinski definition) is 2. The predicted molar refractivity (Wildman–Crippen MR) is 129 cm³/mol. The number of nitrogens with one attached hydrogen (secondary N) is 1. The number of benzene rings is 3. The first-order valence-electron chi connectivity index (χ1n) is 10.3. The smallest absolute Gasteiger partial charge is 0.264 e. The van der Waals surface area contributed by atoms with E-state index in [9.17, 15) is 23.6 Å². The SMILES string of the molecule is COc1cccc(C(=O)Nc2cc(S(=O)(=O)N3CCCc4ccccc43)ccc2Cl)c1N([O-])O. The van der Waals surface area contributed by atoms with Crippen molar-refractivity contribution in [3.63, 3.8) is 0 Å². The number of ether oxygens (including phenoxy) is 1. The molecular formula is C23H21ClN3O6S-. The number of nitrogens with zero attached hydrogens (tertiary/aromatic N) is 2. The molecular weight excluding hydrogens is 482 g/mol. The van der Waals surface area contributed by atoms with Gasteiger partial charge >= 0.3 is 0 Å². The van der Waals surface area contributed by atoms with E-state index in [2.05, 4.69) is 5.32 Å². The van der Waals surface area contributed by atoms with Gasteiger partial charge in [-0.15, -0.1) is 0 Å². The lowest BCUT2D eigenvalue weighted by Crippen LogP contribution is -2.35. The highest BCUT2D eigenvalue weighted by Gasteiger charge is 2.29. The minimum atomic E-state index is -3.94. The largest absolute Gasteiger partial charge is 0.733 e. The Bertz CT molecular complexity index is 1350. The molecule has 3 aromatic carbocycles. The van der Waals surface area contributed by atoms with Crippen LogP contribution in [0, 0.1) is 5.21 Å². The van der Waals surface area contributed by atoms with Gasteiger partial charge in [0.25, 0.3) is 15.9 Å². The standard InChI is InChI=1S/C23H21ClN3O6S/c1-33-21-10-4-8-17(22(21)27(29)30)23(28)25-19-14-16(11-12-18(19)24)34(31,32)26-13-5-7-15-6-2-3-9-20(15)26/h2-4,6,8-12,14,29H,5,7,13H2,1H3,(H,25,28)/q-1. The fraction of sp³-hybridized carbons (Fsp3) is 0.174. The number of halogens is 1. The van der Waals surface area contributed by atoms with Crippen LogP contribution in [0.25, 0.3) is 0 Å². The Hall–Kier alpha value is -3.31. The number of sulfonamides is 1. The fourth-order valence-electron chi connectivity index (χ4n) is 3.89. The molecule has 1 aliphatic heterocycles. The third kappa shape index (κ3) is 4.40. The minimum Gasteiger partial charge on any atom is -0.733 e. The highest BCUT2D eigenvalue weighted by molar-refractivity contribution is 7.92. The van der Waals surface area contributed by atoms with E-state index in [1.807, 2.05) is 12.1 Å². The summed E-state index contributed by atoms with van der Waals surface area (Å²) in [7, 11) is -2.66. The summed E-state index contributed by atoms with van der Waals surface area (Å²) in [4.78, 5) is 12.9. The molecule has 0 aromatic heterocycles. The first-order chi connectivity index (χ1) is 16.2. The van der Waals surface area contributed by atoms with Gasteiger partial charge in [0.15, 0.2) is 0 Å². The molecule has 0 saturated heterocycles. The van der Waals surface area contributed by atoms with Gasteiger partial charge in [-0.3, -0.25) is 14.3 Å². The third-order valence-corrected chi connectivity index (χ3v) is 7.64. The maximum Gasteiger partial charge on any atom is 0.264 e. The second-order valence-corrected chi connectivity index (χ2v) is 9.80. The van der Waals surface area contributed by atoms with Crippen molar-refractivity contribution in [2.24, 2.45) is 0 Å². The summed E-state index contributed by atoms with van der Waals surface area (Å²) >= 11 is 6.24. The highest BCUT2D eigenvalue weighted by Crippen LogP contribution is 2.35. The summed E-state index contributed by atoms with van der Waals surface area (Å²) in [5, 5.41) is 23.2. The van der Waals surface area contributed by atoms with Crippen LogP contribution in [0.2, 0.25) is 5.02 Å². The average Bonchev–Trinajstić information content (AvgIpc) is 2.84. The molecule has 11 heteroatoms. The van der Waals surface area contributed by atoms with E-state index in [0.29, 0.717) is 18.7 Å². The molecule has 0 bridgehead atoms. The molecule has 34 heavy (non-hydrogen) atoms. The summed E-state index contributed by atoms with van der Waals surface area (Å²) in [6, 6.07) is 15.5. The van der Waals surface area contributed by atoms with Gasteiger partial charge in [-0.1, -0.05) is 35.9 Å². The molecule has 0 saturated carbocycles. The zero-order valence-electron chi connectivity index (χ0n) is 18.1. The molecule has 1 amide bonds. The van der Waals surface area contributed by atoms with Crippen LogP contribution in [0.1, 0.15) is 22.3 Å². The lowest BCUT2D eigenvalue weighted by molar-refractivity contribution is 0.102. The lowest BCUT2D eigenvalue weighted by atomic mass is 10.0. The first-order valence-corrected chi connectivity index (χ1v) is 12.1. The number of carbonyl (C=O) groups is 1. The normalized spacial score (nSPS) is 13.2. The van der Waals surface area contributed by atoms with Crippen molar-refractivity contribution in [3.8, 4) is 5.75 Å². The first kappa shape index (κ1) is 23.8. The molecule has 0 aliphatic carbocycles. The van der Waals surface area contributed by atoms with E-state index in [1.54, 1.807) is 12.1 Å². The van der Waals surface area contributed by atoms with Crippen molar-refractivity contribution < 1.29 is 23.2 Å². The van der Waals surface area contributed by atoms with Crippen LogP contribution < -0.4 is 19.6 Å². The van der Waals surface area contributed by atoms with Crippen LogP contribution in [0.4, 0.5) is 17.1 Å². The predicted octanol–water partition coefficient (Wildman–Crippen LogP) is 4.44. The molecule has 9 nitrogen and oxygen atoms in total. The Kier molecular flexibility index (Phi) is 6.67. The number of rotatable bonds is 6. The monoisotopic (exact) mass is 502 g/mol. The Labute approximate surface area is 201 Å². The van der Waals surface area contributed by atoms with Crippen molar-refractivity contribution in [1.82, 2.24) is 0 Å². The zero-order chi connectivity index (χ0) is 24.5. The van der Waals surface area contributed by atoms with Crippen molar-refractivity contribution in [3.05, 3.63) is 82.0 Å². The van der Waals surface area contributed by atoms with Crippen molar-refractivity contribution in [1.29, 1.82) is 0 Å². The molecule has 0 spiro atoms. The maximum absolute atomic E-state index is 13.5. The number of anilines is 3. The molecule has 2 N–H and O–H groups in total. The molecule has 178 valence electrons. The van der Waals surface area contributed by atoms with Gasteiger partial charge in [0.1, 0.15) is 11.4 Å². The molecule has 1 heterocycles. The lowest BCUT2D eigenvalue weighted by Gasteiger charge is -2.30. The Morgan fingerprint density at radius 1 is 1.18 bits per heavy atom. The van der Waals surface area contributed by atoms with E-state index in [0.717, 1.165) is 12.0 Å². The number of methoxy groups -OCH3 is 1. The zero-order valence-corrected chi connectivity index (χ0v) is 19.6. The van der Waals surface area contributed by atoms with Gasteiger partial charge in [0, 0.05) is 6.54 Å². The summed E-state index contributed by atoms with van der Waals surface area (Å²) < 4.78 is 33.3. The molecule has 0 radical (unpaired) electrons. The van der Waals surface area contributed by atoms with E-state index < -0.39 is 26.8 Å². The average molecular weight is 503 g/mol. The molecule has 0 fully saturated rings. The van der Waals surface area contributed by atoms with Crippen molar-refractivity contribution >= 4 is 44.6 Å². The van der Waals surface area contributed by atoms with E-state index >= 15 is 0 Å². The summed E-state index contributed by atoms with van der Waals surface area (Å²) in [6.07, 6.45) is 1.47. The molecule has 0 atom stereocenters. The van der Waals surface area contributed by atoms with Crippen molar-refractivity contribution in [2.45, 2.75) is 17.7 Å². The van der Waals surface area contributed by atoms with E-state index in [4.69, 9.17) is 16.3 Å². The van der Waals surface area contributed by atoms with E-state index in [-0.39, 0.29) is 26.9 Å². The van der Waals surface area contributed by atoms with Gasteiger partial charge in [0.2, 0.25) is 0 Å². The van der Waals surface area contributed by atoms with Gasteiger partial charge < -0.3 is 20.5 Å². The fourth-order valence-corrected chi connectivity index (χ4v) is 5.63. The topological polar surface area (TPSA) is 122 Å².